The Morgan fingerprint density at radius 3 is 2.36 bits per heavy atom. The second-order valence-corrected chi connectivity index (χ2v) is 9.31. The lowest BCUT2D eigenvalue weighted by Crippen LogP contribution is -2.24. The molecule has 0 aliphatic carbocycles. The highest BCUT2D eigenvalue weighted by atomic mass is 35.5. The van der Waals surface area contributed by atoms with Gasteiger partial charge >= 0.3 is 18.0 Å². The summed E-state index contributed by atoms with van der Waals surface area (Å²) < 4.78 is 21.4. The Bertz CT molecular complexity index is 1360. The van der Waals surface area contributed by atoms with Crippen molar-refractivity contribution in [2.45, 2.75) is 27.4 Å². The summed E-state index contributed by atoms with van der Waals surface area (Å²) in [6, 6.07) is 11.8. The van der Waals surface area contributed by atoms with Crippen LogP contribution in [0.1, 0.15) is 50.6 Å². The summed E-state index contributed by atoms with van der Waals surface area (Å²) in [5.41, 5.74) is 4.37. The van der Waals surface area contributed by atoms with Gasteiger partial charge in [-0.15, -0.1) is 11.3 Å². The van der Waals surface area contributed by atoms with Crippen molar-refractivity contribution >= 4 is 52.1 Å². The van der Waals surface area contributed by atoms with E-state index in [0.717, 1.165) is 16.9 Å². The van der Waals surface area contributed by atoms with Gasteiger partial charge in [-0.25, -0.2) is 19.8 Å². The van der Waals surface area contributed by atoms with Crippen molar-refractivity contribution in [2.24, 2.45) is 5.10 Å². The van der Waals surface area contributed by atoms with Crippen LogP contribution in [0.4, 0.5) is 9.80 Å². The van der Waals surface area contributed by atoms with Crippen LogP contribution in [0.5, 0.6) is 11.5 Å². The molecule has 12 heteroatoms. The number of esters is 2. The number of benzene rings is 2. The first-order valence-corrected chi connectivity index (χ1v) is 13.1. The van der Waals surface area contributed by atoms with Gasteiger partial charge in [-0.2, -0.15) is 5.10 Å². The summed E-state index contributed by atoms with van der Waals surface area (Å²) in [6.07, 6.45) is 1.42. The molecule has 2 amide bonds. The van der Waals surface area contributed by atoms with Crippen molar-refractivity contribution in [1.82, 2.24) is 5.43 Å². The van der Waals surface area contributed by atoms with Crippen LogP contribution in [0.25, 0.3) is 0 Å². The molecule has 0 aliphatic heterocycles. The van der Waals surface area contributed by atoms with Crippen LogP contribution in [0.15, 0.2) is 47.6 Å². The number of hydrogen-bond donors (Lipinski definition) is 2. The molecule has 0 unspecified atom stereocenters. The van der Waals surface area contributed by atoms with Crippen molar-refractivity contribution in [3.05, 3.63) is 74.6 Å². The van der Waals surface area contributed by atoms with Crippen LogP contribution < -0.4 is 20.2 Å². The third kappa shape index (κ3) is 7.95. The van der Waals surface area contributed by atoms with Crippen molar-refractivity contribution in [1.29, 1.82) is 0 Å². The van der Waals surface area contributed by atoms with Crippen LogP contribution in [-0.2, 0) is 16.1 Å². The maximum Gasteiger partial charge on any atom is 0.348 e. The second kappa shape index (κ2) is 14.2. The van der Waals surface area contributed by atoms with E-state index in [1.54, 1.807) is 51.1 Å². The zero-order chi connectivity index (χ0) is 28.4. The molecule has 0 bridgehead atoms. The average molecular weight is 574 g/mol. The van der Waals surface area contributed by atoms with Gasteiger partial charge in [0.05, 0.1) is 32.1 Å². The molecule has 0 saturated heterocycles. The van der Waals surface area contributed by atoms with Gasteiger partial charge in [-0.05, 0) is 67.8 Å². The molecule has 0 aliphatic rings. The molecule has 1 heterocycles. The van der Waals surface area contributed by atoms with Gasteiger partial charge in [0, 0.05) is 5.02 Å². The number of carbonyl (C=O) groups excluding carboxylic acids is 3. The lowest BCUT2D eigenvalue weighted by molar-refractivity contribution is 0.0527. The fraction of sp³-hybridized carbons (Fsp3) is 0.259. The van der Waals surface area contributed by atoms with E-state index < -0.39 is 18.0 Å². The molecule has 0 radical (unpaired) electrons. The molecule has 39 heavy (non-hydrogen) atoms. The number of hydrazone groups is 1. The Morgan fingerprint density at radius 1 is 1.00 bits per heavy atom. The van der Waals surface area contributed by atoms with Gasteiger partial charge in [-0.3, -0.25) is 5.32 Å². The smallest absolute Gasteiger partial charge is 0.348 e. The highest BCUT2D eigenvalue weighted by molar-refractivity contribution is 7.18. The van der Waals surface area contributed by atoms with Gasteiger partial charge in [0.25, 0.3) is 0 Å². The molecule has 0 fully saturated rings. The summed E-state index contributed by atoms with van der Waals surface area (Å²) >= 11 is 6.84. The maximum atomic E-state index is 12.5. The fourth-order valence-corrected chi connectivity index (χ4v) is 4.57. The molecule has 3 aromatic rings. The monoisotopic (exact) mass is 573 g/mol. The van der Waals surface area contributed by atoms with Gasteiger partial charge < -0.3 is 18.9 Å². The first-order chi connectivity index (χ1) is 18.8. The van der Waals surface area contributed by atoms with Crippen LogP contribution in [-0.4, -0.2) is 44.5 Å². The number of urea groups is 1. The largest absolute Gasteiger partial charge is 0.493 e. The highest BCUT2D eigenvalue weighted by Gasteiger charge is 2.27. The Kier molecular flexibility index (Phi) is 10.7. The van der Waals surface area contributed by atoms with E-state index >= 15 is 0 Å². The van der Waals surface area contributed by atoms with Crippen molar-refractivity contribution in [3.8, 4) is 11.5 Å². The number of nitrogens with zero attached hydrogens (tertiary/aromatic N) is 1. The third-order valence-corrected chi connectivity index (χ3v) is 6.63. The maximum absolute atomic E-state index is 12.5. The Labute approximate surface area is 234 Å². The van der Waals surface area contributed by atoms with Crippen LogP contribution in [0.3, 0.4) is 0 Å². The molecule has 0 saturated carbocycles. The number of amides is 2. The SMILES string of the molecule is CCOC(=O)c1sc(NC(=O)NN=Cc2ccc(OCc3ccc(Cl)cc3)c(OC)c2)c(C(=O)OCC)c1C. The molecular weight excluding hydrogens is 546 g/mol. The predicted molar refractivity (Wildman–Crippen MR) is 149 cm³/mol. The molecule has 0 atom stereocenters. The zero-order valence-electron chi connectivity index (χ0n) is 21.8. The number of rotatable bonds is 11. The number of anilines is 1. The fourth-order valence-electron chi connectivity index (χ4n) is 3.36. The summed E-state index contributed by atoms with van der Waals surface area (Å²) in [5, 5.41) is 7.30. The van der Waals surface area contributed by atoms with Crippen molar-refractivity contribution in [2.75, 3.05) is 25.6 Å². The quantitative estimate of drug-likeness (QED) is 0.168. The topological polar surface area (TPSA) is 125 Å². The Morgan fingerprint density at radius 2 is 1.69 bits per heavy atom. The molecule has 206 valence electrons. The van der Waals surface area contributed by atoms with E-state index in [4.69, 9.17) is 30.5 Å². The molecule has 2 N–H and O–H groups in total. The summed E-state index contributed by atoms with van der Waals surface area (Å²) in [5.74, 6) is -0.234. The molecular formula is C27H28ClN3O7S. The van der Waals surface area contributed by atoms with E-state index in [1.807, 2.05) is 12.1 Å². The number of carbonyl (C=O) groups is 3. The molecule has 1 aromatic heterocycles. The van der Waals surface area contributed by atoms with Crippen LogP contribution in [0.2, 0.25) is 5.02 Å². The van der Waals surface area contributed by atoms with E-state index in [9.17, 15) is 14.4 Å². The third-order valence-electron chi connectivity index (χ3n) is 5.19. The standard InChI is InChI=1S/C27H28ClN3O7S/c1-5-36-25(32)22-16(3)23(26(33)37-6-2)39-24(22)30-27(34)31-29-14-18-9-12-20(21(13-18)35-4)38-15-17-7-10-19(28)11-8-17/h7-14H,5-6,15H2,1-4H3,(H2,30,31,34). The van der Waals surface area contributed by atoms with E-state index in [-0.39, 0.29) is 28.7 Å². The number of methoxy groups -OCH3 is 1. The predicted octanol–water partition coefficient (Wildman–Crippen LogP) is 5.81. The second-order valence-electron chi connectivity index (χ2n) is 7.85. The molecule has 3 rings (SSSR count). The first kappa shape index (κ1) is 29.5. The zero-order valence-corrected chi connectivity index (χ0v) is 23.4. The molecule has 10 nitrogen and oxygen atoms in total. The first-order valence-electron chi connectivity index (χ1n) is 11.9. The van der Waals surface area contributed by atoms with Crippen LogP contribution in [0, 0.1) is 6.92 Å². The highest BCUT2D eigenvalue weighted by Crippen LogP contribution is 2.34. The van der Waals surface area contributed by atoms with E-state index in [2.05, 4.69) is 15.8 Å². The summed E-state index contributed by atoms with van der Waals surface area (Å²) in [6.45, 7) is 5.56. The number of hydrogen-bond acceptors (Lipinski definition) is 9. The molecule has 0 spiro atoms. The minimum absolute atomic E-state index is 0.0861. The number of ether oxygens (including phenoxy) is 4. The van der Waals surface area contributed by atoms with Crippen molar-refractivity contribution in [3.63, 3.8) is 0 Å². The van der Waals surface area contributed by atoms with Gasteiger partial charge in [0.2, 0.25) is 0 Å². The van der Waals surface area contributed by atoms with Gasteiger partial charge in [0.15, 0.2) is 11.5 Å². The van der Waals surface area contributed by atoms with Gasteiger partial charge in [0.1, 0.15) is 16.5 Å². The Balaban J connectivity index is 1.67. The number of thiophene rings is 1. The lowest BCUT2D eigenvalue weighted by Gasteiger charge is -2.11. The minimum Gasteiger partial charge on any atom is -0.493 e. The number of nitrogens with one attached hydrogen (secondary N) is 2. The van der Waals surface area contributed by atoms with Gasteiger partial charge in [-0.1, -0.05) is 23.7 Å². The number of halogens is 1. The summed E-state index contributed by atoms with van der Waals surface area (Å²) in [7, 11) is 1.52. The average Bonchev–Trinajstić information content (AvgIpc) is 3.24. The summed E-state index contributed by atoms with van der Waals surface area (Å²) in [4.78, 5) is 37.5. The van der Waals surface area contributed by atoms with E-state index in [0.29, 0.717) is 34.3 Å². The lowest BCUT2D eigenvalue weighted by atomic mass is 10.1. The van der Waals surface area contributed by atoms with E-state index in [1.165, 1.54) is 13.3 Å². The Hall–Kier alpha value is -4.09. The van der Waals surface area contributed by atoms with Crippen LogP contribution >= 0.6 is 22.9 Å². The molecule has 2 aromatic carbocycles. The van der Waals surface area contributed by atoms with Crippen molar-refractivity contribution < 1.29 is 33.3 Å². The minimum atomic E-state index is -0.719. The normalized spacial score (nSPS) is 10.7.